The van der Waals surface area contributed by atoms with E-state index < -0.39 is 0 Å². The van der Waals surface area contributed by atoms with Gasteiger partial charge in [-0.1, -0.05) is 19.3 Å². The van der Waals surface area contributed by atoms with E-state index in [1.165, 1.54) is 26.2 Å². The average Bonchev–Trinajstić information content (AvgIpc) is 2.00. The summed E-state index contributed by atoms with van der Waals surface area (Å²) >= 11 is 0. The summed E-state index contributed by atoms with van der Waals surface area (Å²) in [6, 6.07) is 0. The second kappa shape index (κ2) is 5.78. The number of hydrogen-bond donors (Lipinski definition) is 0. The van der Waals surface area contributed by atoms with Crippen LogP contribution in [-0.2, 0) is 9.59 Å². The highest BCUT2D eigenvalue weighted by Gasteiger charge is 2.15. The molecule has 0 spiro atoms. The number of hydrogen-bond acceptors (Lipinski definition) is 2. The summed E-state index contributed by atoms with van der Waals surface area (Å²) in [5.74, 6) is -0.0172. The Morgan fingerprint density at radius 2 is 1.50 bits per heavy atom. The van der Waals surface area contributed by atoms with Crippen LogP contribution in [-0.4, -0.2) is 29.7 Å². The molecule has 80 valence electrons. The van der Waals surface area contributed by atoms with E-state index in [1.54, 1.807) is 0 Å². The number of Topliss-reactive ketones (excluding diaryl/α,β-unsaturated/α-hetero) is 1. The van der Waals surface area contributed by atoms with Crippen molar-refractivity contribution in [2.75, 3.05) is 13.1 Å². The molecule has 1 fully saturated rings. The van der Waals surface area contributed by atoms with Crippen molar-refractivity contribution in [3.05, 3.63) is 0 Å². The molecule has 14 heavy (non-hydrogen) atoms. The van der Waals surface area contributed by atoms with E-state index in [-0.39, 0.29) is 18.1 Å². The summed E-state index contributed by atoms with van der Waals surface area (Å²) in [4.78, 5) is 24.2. The van der Waals surface area contributed by atoms with Gasteiger partial charge < -0.3 is 4.90 Å². The van der Waals surface area contributed by atoms with Gasteiger partial charge in [-0.15, -0.1) is 0 Å². The molecular weight excluding hydrogens is 178 g/mol. The van der Waals surface area contributed by atoms with Gasteiger partial charge in [-0.05, 0) is 19.8 Å². The fraction of sp³-hybridized carbons (Fsp3) is 0.818. The molecule has 1 rings (SSSR count). The Morgan fingerprint density at radius 3 is 2.00 bits per heavy atom. The van der Waals surface area contributed by atoms with Gasteiger partial charge in [0.15, 0.2) is 0 Å². The lowest BCUT2D eigenvalue weighted by molar-refractivity contribution is -0.135. The van der Waals surface area contributed by atoms with Crippen molar-refractivity contribution in [1.82, 2.24) is 4.90 Å². The molecule has 1 aliphatic heterocycles. The zero-order valence-corrected chi connectivity index (χ0v) is 8.92. The summed E-state index contributed by atoms with van der Waals surface area (Å²) in [5.41, 5.74) is 0. The van der Waals surface area contributed by atoms with Gasteiger partial charge in [0.05, 0.1) is 6.42 Å². The molecule has 0 aromatic rings. The van der Waals surface area contributed by atoms with Crippen LogP contribution < -0.4 is 0 Å². The SMILES string of the molecule is CC(=O)CC(=O)N1CCCCCCC1. The zero-order valence-electron chi connectivity index (χ0n) is 8.92. The van der Waals surface area contributed by atoms with Crippen LogP contribution in [0.4, 0.5) is 0 Å². The van der Waals surface area contributed by atoms with E-state index in [9.17, 15) is 9.59 Å². The topological polar surface area (TPSA) is 37.4 Å². The van der Waals surface area contributed by atoms with E-state index in [2.05, 4.69) is 0 Å². The Morgan fingerprint density at radius 1 is 1.00 bits per heavy atom. The van der Waals surface area contributed by atoms with Crippen LogP contribution >= 0.6 is 0 Å². The van der Waals surface area contributed by atoms with Crippen LogP contribution in [0.25, 0.3) is 0 Å². The molecule has 0 aliphatic carbocycles. The number of carbonyl (C=O) groups is 2. The molecule has 1 saturated heterocycles. The molecule has 3 nitrogen and oxygen atoms in total. The standard InChI is InChI=1S/C11H19NO2/c1-10(13)9-11(14)12-7-5-3-2-4-6-8-12/h2-9H2,1H3. The Kier molecular flexibility index (Phi) is 4.63. The lowest BCUT2D eigenvalue weighted by atomic mass is 10.1. The first kappa shape index (κ1) is 11.2. The van der Waals surface area contributed by atoms with Crippen LogP contribution in [0.15, 0.2) is 0 Å². The number of amides is 1. The molecule has 0 radical (unpaired) electrons. The van der Waals surface area contributed by atoms with Crippen molar-refractivity contribution in [2.45, 2.75) is 45.4 Å². The lowest BCUT2D eigenvalue weighted by Crippen LogP contribution is -2.34. The van der Waals surface area contributed by atoms with Crippen LogP contribution in [0.5, 0.6) is 0 Å². The molecule has 1 aliphatic rings. The Hall–Kier alpha value is -0.860. The van der Waals surface area contributed by atoms with Gasteiger partial charge in [-0.25, -0.2) is 0 Å². The van der Waals surface area contributed by atoms with E-state index >= 15 is 0 Å². The summed E-state index contributed by atoms with van der Waals surface area (Å²) in [7, 11) is 0. The Balaban J connectivity index is 2.38. The van der Waals surface area contributed by atoms with Crippen molar-refractivity contribution in [3.8, 4) is 0 Å². The first-order valence-electron chi connectivity index (χ1n) is 5.47. The molecule has 0 atom stereocenters. The van der Waals surface area contributed by atoms with E-state index in [1.807, 2.05) is 4.90 Å². The second-order valence-corrected chi connectivity index (χ2v) is 4.03. The molecule has 1 amide bonds. The highest BCUT2D eigenvalue weighted by atomic mass is 16.2. The number of carbonyl (C=O) groups excluding carboxylic acids is 2. The number of likely N-dealkylation sites (tertiary alicyclic amines) is 1. The molecular formula is C11H19NO2. The minimum Gasteiger partial charge on any atom is -0.342 e. The number of nitrogens with zero attached hydrogens (tertiary/aromatic N) is 1. The minimum absolute atomic E-state index is 0.0133. The van der Waals surface area contributed by atoms with Gasteiger partial charge in [0.25, 0.3) is 0 Å². The fourth-order valence-electron chi connectivity index (χ4n) is 1.82. The average molecular weight is 197 g/mol. The van der Waals surface area contributed by atoms with Crippen molar-refractivity contribution in [2.24, 2.45) is 0 Å². The smallest absolute Gasteiger partial charge is 0.230 e. The summed E-state index contributed by atoms with van der Waals surface area (Å²) in [6.45, 7) is 3.15. The van der Waals surface area contributed by atoms with Crippen molar-refractivity contribution < 1.29 is 9.59 Å². The number of rotatable bonds is 2. The summed E-state index contributed by atoms with van der Waals surface area (Å²) < 4.78 is 0. The fourth-order valence-corrected chi connectivity index (χ4v) is 1.82. The lowest BCUT2D eigenvalue weighted by Gasteiger charge is -2.24. The normalized spacial score (nSPS) is 18.5. The van der Waals surface area contributed by atoms with Crippen LogP contribution in [0.3, 0.4) is 0 Å². The molecule has 1 heterocycles. The molecule has 0 unspecified atom stereocenters. The first-order chi connectivity index (χ1) is 6.70. The highest BCUT2D eigenvalue weighted by molar-refractivity contribution is 5.96. The van der Waals surface area contributed by atoms with E-state index in [0.29, 0.717) is 0 Å². The summed E-state index contributed by atoms with van der Waals surface area (Å²) in [6.07, 6.45) is 5.97. The van der Waals surface area contributed by atoms with Gasteiger partial charge in [0, 0.05) is 13.1 Å². The monoisotopic (exact) mass is 197 g/mol. The first-order valence-corrected chi connectivity index (χ1v) is 5.47. The zero-order chi connectivity index (χ0) is 10.4. The maximum absolute atomic E-state index is 11.6. The van der Waals surface area contributed by atoms with E-state index in [4.69, 9.17) is 0 Å². The van der Waals surface area contributed by atoms with Gasteiger partial charge in [-0.3, -0.25) is 9.59 Å². The predicted molar refractivity (Wildman–Crippen MR) is 55.0 cm³/mol. The van der Waals surface area contributed by atoms with Crippen LogP contribution in [0.1, 0.15) is 45.4 Å². The van der Waals surface area contributed by atoms with Gasteiger partial charge in [-0.2, -0.15) is 0 Å². The van der Waals surface area contributed by atoms with Gasteiger partial charge >= 0.3 is 0 Å². The Bertz CT molecular complexity index is 205. The van der Waals surface area contributed by atoms with Crippen LogP contribution in [0.2, 0.25) is 0 Å². The molecule has 3 heteroatoms. The molecule has 0 aromatic carbocycles. The second-order valence-electron chi connectivity index (χ2n) is 4.03. The van der Waals surface area contributed by atoms with Crippen molar-refractivity contribution >= 4 is 11.7 Å². The van der Waals surface area contributed by atoms with Crippen molar-refractivity contribution in [3.63, 3.8) is 0 Å². The maximum Gasteiger partial charge on any atom is 0.230 e. The third kappa shape index (κ3) is 3.90. The van der Waals surface area contributed by atoms with Crippen molar-refractivity contribution in [1.29, 1.82) is 0 Å². The minimum atomic E-state index is -0.0305. The summed E-state index contributed by atoms with van der Waals surface area (Å²) in [5, 5.41) is 0. The third-order valence-electron chi connectivity index (χ3n) is 2.61. The molecule has 0 aromatic heterocycles. The molecule has 0 bridgehead atoms. The molecule has 0 saturated carbocycles. The van der Waals surface area contributed by atoms with Gasteiger partial charge in [0.2, 0.25) is 5.91 Å². The van der Waals surface area contributed by atoms with E-state index in [0.717, 1.165) is 25.9 Å². The maximum atomic E-state index is 11.6. The Labute approximate surface area is 85.5 Å². The largest absolute Gasteiger partial charge is 0.342 e. The third-order valence-corrected chi connectivity index (χ3v) is 2.61. The molecule has 0 N–H and O–H groups in total. The number of ketones is 1. The highest BCUT2D eigenvalue weighted by Crippen LogP contribution is 2.11. The predicted octanol–water partition coefficient (Wildman–Crippen LogP) is 1.76. The quantitative estimate of drug-likeness (QED) is 0.632. The van der Waals surface area contributed by atoms with Gasteiger partial charge in [0.1, 0.15) is 5.78 Å². The van der Waals surface area contributed by atoms with Crippen LogP contribution in [0, 0.1) is 0 Å².